The fourth-order valence-electron chi connectivity index (χ4n) is 4.75. The number of allylic oxidation sites excluding steroid dienone is 2. The average molecular weight is 529 g/mol. The van der Waals surface area contributed by atoms with E-state index in [9.17, 15) is 9.59 Å². The second-order valence-electron chi connectivity index (χ2n) is 9.68. The lowest BCUT2D eigenvalue weighted by atomic mass is 9.97. The molecule has 3 aromatic rings. The monoisotopic (exact) mass is 528 g/mol. The minimum absolute atomic E-state index is 0.0496. The van der Waals surface area contributed by atoms with Gasteiger partial charge in [0, 0.05) is 29.4 Å². The standard InChI is InChI=1S/C32H33ClN2O3/c1-5-38-30(36)20-29-25(19-26-11-9-22(3)34-31(26)29)12-10-23-7-6-8-24(18-23)17-21(2)32(37)35(4)28-15-13-27(33)14-16-28/h6-16,18,21H,5,17,19-20H2,1-4H3/t21-/m0/s1. The van der Waals surface area contributed by atoms with Crippen LogP contribution in [0.3, 0.4) is 0 Å². The lowest BCUT2D eigenvalue weighted by molar-refractivity contribution is -0.141. The van der Waals surface area contributed by atoms with Crippen LogP contribution in [0.15, 0.2) is 72.3 Å². The number of anilines is 1. The van der Waals surface area contributed by atoms with Crippen LogP contribution >= 0.6 is 11.6 Å². The molecule has 2 aromatic carbocycles. The van der Waals surface area contributed by atoms with E-state index < -0.39 is 0 Å². The van der Waals surface area contributed by atoms with Crippen molar-refractivity contribution in [2.45, 2.75) is 40.0 Å². The molecule has 0 saturated heterocycles. The minimum Gasteiger partial charge on any atom is -0.466 e. The molecule has 6 heteroatoms. The summed E-state index contributed by atoms with van der Waals surface area (Å²) >= 11 is 5.98. The Morgan fingerprint density at radius 1 is 1.11 bits per heavy atom. The number of benzene rings is 2. The third kappa shape index (κ3) is 6.59. The van der Waals surface area contributed by atoms with Crippen LogP contribution in [0.5, 0.6) is 0 Å². The first-order valence-electron chi connectivity index (χ1n) is 12.9. The Balaban J connectivity index is 1.50. The average Bonchev–Trinajstić information content (AvgIpc) is 3.23. The van der Waals surface area contributed by atoms with Gasteiger partial charge in [-0.25, -0.2) is 0 Å². The minimum atomic E-state index is -0.242. The summed E-state index contributed by atoms with van der Waals surface area (Å²) in [5.41, 5.74) is 7.89. The van der Waals surface area contributed by atoms with Crippen LogP contribution in [0.25, 0.3) is 11.6 Å². The molecule has 1 heterocycles. The van der Waals surface area contributed by atoms with Crippen molar-refractivity contribution in [1.29, 1.82) is 0 Å². The molecule has 4 rings (SSSR count). The second kappa shape index (κ2) is 12.2. The van der Waals surface area contributed by atoms with Crippen LogP contribution in [0.1, 0.15) is 48.3 Å². The van der Waals surface area contributed by atoms with Gasteiger partial charge in [-0.3, -0.25) is 14.6 Å². The van der Waals surface area contributed by atoms with Gasteiger partial charge in [0.1, 0.15) is 0 Å². The van der Waals surface area contributed by atoms with E-state index in [0.717, 1.165) is 51.3 Å². The first-order chi connectivity index (χ1) is 18.2. The molecule has 1 amide bonds. The van der Waals surface area contributed by atoms with Crippen molar-refractivity contribution in [3.8, 4) is 0 Å². The Labute approximate surface area is 229 Å². The number of pyridine rings is 1. The molecule has 0 unspecified atom stereocenters. The van der Waals surface area contributed by atoms with E-state index in [-0.39, 0.29) is 24.2 Å². The fraction of sp³-hybridized carbons (Fsp3) is 0.281. The number of esters is 1. The Hall–Kier alpha value is -3.70. The van der Waals surface area contributed by atoms with Crippen LogP contribution in [0.2, 0.25) is 5.02 Å². The highest BCUT2D eigenvalue weighted by Crippen LogP contribution is 2.35. The first kappa shape index (κ1) is 27.3. The van der Waals surface area contributed by atoms with Crippen molar-refractivity contribution in [2.75, 3.05) is 18.6 Å². The molecule has 0 N–H and O–H groups in total. The number of aromatic nitrogens is 1. The molecular formula is C32H33ClN2O3. The number of fused-ring (bicyclic) bond motifs is 1. The summed E-state index contributed by atoms with van der Waals surface area (Å²) in [5, 5.41) is 0.643. The molecule has 0 saturated carbocycles. The Morgan fingerprint density at radius 2 is 1.87 bits per heavy atom. The number of rotatable bonds is 9. The van der Waals surface area contributed by atoms with Gasteiger partial charge in [0.2, 0.25) is 5.91 Å². The normalized spacial score (nSPS) is 13.5. The molecule has 0 spiro atoms. The van der Waals surface area contributed by atoms with Gasteiger partial charge in [0.25, 0.3) is 0 Å². The molecule has 1 aromatic heterocycles. The molecule has 5 nitrogen and oxygen atoms in total. The van der Waals surface area contributed by atoms with Crippen LogP contribution in [-0.4, -0.2) is 30.5 Å². The van der Waals surface area contributed by atoms with Crippen LogP contribution in [0, 0.1) is 12.8 Å². The molecular weight excluding hydrogens is 496 g/mol. The number of hydrogen-bond donors (Lipinski definition) is 0. The molecule has 1 atom stereocenters. The summed E-state index contributed by atoms with van der Waals surface area (Å²) in [4.78, 5) is 31.8. The molecule has 0 bridgehead atoms. The van der Waals surface area contributed by atoms with E-state index in [2.05, 4.69) is 24.3 Å². The number of nitrogens with zero attached hydrogens (tertiary/aromatic N) is 2. The summed E-state index contributed by atoms with van der Waals surface area (Å²) in [6.45, 7) is 6.08. The summed E-state index contributed by atoms with van der Waals surface area (Å²) in [7, 11) is 1.79. The molecule has 1 aliphatic carbocycles. The smallest absolute Gasteiger partial charge is 0.310 e. The Kier molecular flexibility index (Phi) is 8.80. The number of carbonyl (C=O) groups is 2. The van der Waals surface area contributed by atoms with Crippen molar-refractivity contribution in [3.63, 3.8) is 0 Å². The summed E-state index contributed by atoms with van der Waals surface area (Å²) < 4.78 is 5.22. The van der Waals surface area contributed by atoms with Gasteiger partial charge in [0.15, 0.2) is 0 Å². The van der Waals surface area contributed by atoms with E-state index in [1.54, 1.807) is 24.1 Å². The van der Waals surface area contributed by atoms with Crippen molar-refractivity contribution in [2.24, 2.45) is 5.92 Å². The van der Waals surface area contributed by atoms with Gasteiger partial charge in [0.05, 0.1) is 18.7 Å². The highest BCUT2D eigenvalue weighted by Gasteiger charge is 2.24. The quantitative estimate of drug-likeness (QED) is 0.285. The molecule has 38 heavy (non-hydrogen) atoms. The SMILES string of the molecule is CCOC(=O)CC1=C(C=Cc2cccc(C[C@H](C)C(=O)N(C)c3ccc(Cl)cc3)c2)Cc2ccc(C)nc21. The lowest BCUT2D eigenvalue weighted by Gasteiger charge is -2.22. The topological polar surface area (TPSA) is 59.5 Å². The maximum absolute atomic E-state index is 13.0. The third-order valence-corrected chi connectivity index (χ3v) is 6.99. The van der Waals surface area contributed by atoms with E-state index in [1.807, 2.05) is 57.2 Å². The Bertz CT molecular complexity index is 1390. The number of halogens is 1. The van der Waals surface area contributed by atoms with E-state index in [0.29, 0.717) is 18.1 Å². The van der Waals surface area contributed by atoms with E-state index in [4.69, 9.17) is 21.3 Å². The molecule has 1 aliphatic rings. The number of ether oxygens (including phenoxy) is 1. The second-order valence-corrected chi connectivity index (χ2v) is 10.1. The van der Waals surface area contributed by atoms with Gasteiger partial charge in [-0.15, -0.1) is 0 Å². The number of hydrogen-bond acceptors (Lipinski definition) is 4. The van der Waals surface area contributed by atoms with Gasteiger partial charge < -0.3 is 9.64 Å². The molecule has 0 radical (unpaired) electrons. The predicted octanol–water partition coefficient (Wildman–Crippen LogP) is 6.86. The largest absolute Gasteiger partial charge is 0.466 e. The van der Waals surface area contributed by atoms with Crippen LogP contribution in [0.4, 0.5) is 5.69 Å². The van der Waals surface area contributed by atoms with Crippen molar-refractivity contribution < 1.29 is 14.3 Å². The predicted molar refractivity (Wildman–Crippen MR) is 154 cm³/mol. The van der Waals surface area contributed by atoms with Gasteiger partial charge >= 0.3 is 5.97 Å². The first-order valence-corrected chi connectivity index (χ1v) is 13.3. The highest BCUT2D eigenvalue weighted by atomic mass is 35.5. The van der Waals surface area contributed by atoms with Crippen LogP contribution < -0.4 is 4.90 Å². The van der Waals surface area contributed by atoms with Crippen LogP contribution in [-0.2, 0) is 27.2 Å². The van der Waals surface area contributed by atoms with E-state index >= 15 is 0 Å². The zero-order valence-electron chi connectivity index (χ0n) is 22.3. The van der Waals surface area contributed by atoms with Crippen molar-refractivity contribution in [3.05, 3.63) is 105 Å². The number of aryl methyl sites for hydroxylation is 1. The maximum Gasteiger partial charge on any atom is 0.310 e. The summed E-state index contributed by atoms with van der Waals surface area (Å²) in [6.07, 6.45) is 5.71. The summed E-state index contributed by atoms with van der Waals surface area (Å²) in [5.74, 6) is -0.380. The highest BCUT2D eigenvalue weighted by molar-refractivity contribution is 6.30. The summed E-state index contributed by atoms with van der Waals surface area (Å²) in [6, 6.07) is 19.6. The van der Waals surface area contributed by atoms with Gasteiger partial charge in [-0.1, -0.05) is 61.0 Å². The third-order valence-electron chi connectivity index (χ3n) is 6.73. The number of carbonyl (C=O) groups excluding carboxylic acids is 2. The van der Waals surface area contributed by atoms with Crippen molar-refractivity contribution in [1.82, 2.24) is 4.98 Å². The molecule has 196 valence electrons. The molecule has 0 fully saturated rings. The number of amides is 1. The lowest BCUT2D eigenvalue weighted by Crippen LogP contribution is -2.32. The zero-order valence-corrected chi connectivity index (χ0v) is 23.1. The van der Waals surface area contributed by atoms with Gasteiger partial charge in [-0.2, -0.15) is 0 Å². The molecule has 0 aliphatic heterocycles. The Morgan fingerprint density at radius 3 is 2.61 bits per heavy atom. The maximum atomic E-state index is 13.0. The van der Waals surface area contributed by atoms with Crippen molar-refractivity contribution >= 4 is 40.8 Å². The van der Waals surface area contributed by atoms with Gasteiger partial charge in [-0.05, 0) is 84.9 Å². The van der Waals surface area contributed by atoms with E-state index in [1.165, 1.54) is 0 Å². The zero-order chi connectivity index (χ0) is 27.2. The fourth-order valence-corrected chi connectivity index (χ4v) is 4.88.